The average Bonchev–Trinajstić information content (AvgIpc) is 2.96. The van der Waals surface area contributed by atoms with Gasteiger partial charge in [0.2, 0.25) is 5.28 Å². The molecule has 1 unspecified atom stereocenters. The highest BCUT2D eigenvalue weighted by molar-refractivity contribution is 6.28. The first kappa shape index (κ1) is 10.9. The van der Waals surface area contributed by atoms with Crippen molar-refractivity contribution in [3.8, 4) is 0 Å². The molecule has 5 heteroatoms. The molecule has 1 aromatic heterocycles. The zero-order chi connectivity index (χ0) is 10.8. The SMILES string of the molecule is COCC(C)Cn1c(Cl)nnc1C1CC1. The summed E-state index contributed by atoms with van der Waals surface area (Å²) in [6.45, 7) is 3.71. The minimum atomic E-state index is 0.431. The predicted octanol–water partition coefficient (Wildman–Crippen LogP) is 2.09. The molecule has 1 aliphatic rings. The van der Waals surface area contributed by atoms with E-state index in [-0.39, 0.29) is 0 Å². The molecule has 1 saturated carbocycles. The molecule has 0 N–H and O–H groups in total. The van der Waals surface area contributed by atoms with Crippen LogP contribution in [0, 0.1) is 5.92 Å². The Kier molecular flexibility index (Phi) is 3.26. The second-order valence-electron chi connectivity index (χ2n) is 4.27. The molecule has 4 nitrogen and oxygen atoms in total. The molecule has 0 radical (unpaired) electrons. The Hall–Kier alpha value is -0.610. The number of hydrogen-bond donors (Lipinski definition) is 0. The normalized spacial score (nSPS) is 18.1. The third-order valence-electron chi connectivity index (χ3n) is 2.62. The molecule has 84 valence electrons. The summed E-state index contributed by atoms with van der Waals surface area (Å²) in [4.78, 5) is 0. The molecule has 0 spiro atoms. The Labute approximate surface area is 94.6 Å². The molecule has 15 heavy (non-hydrogen) atoms. The second-order valence-corrected chi connectivity index (χ2v) is 4.61. The van der Waals surface area contributed by atoms with Crippen LogP contribution in [0.2, 0.25) is 5.28 Å². The second kappa shape index (κ2) is 4.49. The van der Waals surface area contributed by atoms with Crippen molar-refractivity contribution >= 4 is 11.6 Å². The Morgan fingerprint density at radius 2 is 2.27 bits per heavy atom. The van der Waals surface area contributed by atoms with Crippen molar-refractivity contribution in [3.05, 3.63) is 11.1 Å². The van der Waals surface area contributed by atoms with E-state index >= 15 is 0 Å². The van der Waals surface area contributed by atoms with Crippen LogP contribution in [0.5, 0.6) is 0 Å². The van der Waals surface area contributed by atoms with Gasteiger partial charge in [0.05, 0.1) is 6.61 Å². The summed E-state index contributed by atoms with van der Waals surface area (Å²) < 4.78 is 7.13. The van der Waals surface area contributed by atoms with Gasteiger partial charge in [-0.25, -0.2) is 0 Å². The molecular weight excluding hydrogens is 214 g/mol. The van der Waals surface area contributed by atoms with Crippen LogP contribution in [-0.4, -0.2) is 28.5 Å². The van der Waals surface area contributed by atoms with E-state index in [0.717, 1.165) is 19.0 Å². The highest BCUT2D eigenvalue weighted by Crippen LogP contribution is 2.39. The van der Waals surface area contributed by atoms with Gasteiger partial charge >= 0.3 is 0 Å². The number of aromatic nitrogens is 3. The van der Waals surface area contributed by atoms with Gasteiger partial charge in [-0.05, 0) is 30.4 Å². The molecule has 0 bridgehead atoms. The van der Waals surface area contributed by atoms with Gasteiger partial charge < -0.3 is 9.30 Å². The van der Waals surface area contributed by atoms with E-state index in [9.17, 15) is 0 Å². The smallest absolute Gasteiger partial charge is 0.225 e. The van der Waals surface area contributed by atoms with E-state index in [2.05, 4.69) is 17.1 Å². The number of nitrogens with zero attached hydrogens (tertiary/aromatic N) is 3. The van der Waals surface area contributed by atoms with Crippen molar-refractivity contribution < 1.29 is 4.74 Å². The summed E-state index contributed by atoms with van der Waals surface area (Å²) in [5.74, 6) is 2.06. The lowest BCUT2D eigenvalue weighted by Gasteiger charge is -2.13. The molecule has 2 rings (SSSR count). The lowest BCUT2D eigenvalue weighted by Crippen LogP contribution is -2.14. The zero-order valence-electron chi connectivity index (χ0n) is 9.11. The van der Waals surface area contributed by atoms with Crippen LogP contribution < -0.4 is 0 Å². The molecule has 0 amide bonds. The van der Waals surface area contributed by atoms with Gasteiger partial charge in [-0.1, -0.05) is 6.92 Å². The van der Waals surface area contributed by atoms with Crippen LogP contribution in [0.4, 0.5) is 0 Å². The number of ether oxygens (including phenoxy) is 1. The molecule has 1 fully saturated rings. The molecule has 0 saturated heterocycles. The van der Waals surface area contributed by atoms with Gasteiger partial charge in [0.1, 0.15) is 5.82 Å². The van der Waals surface area contributed by atoms with Gasteiger partial charge in [0.25, 0.3) is 0 Å². The van der Waals surface area contributed by atoms with Gasteiger partial charge in [-0.2, -0.15) is 0 Å². The van der Waals surface area contributed by atoms with Crippen LogP contribution in [0.1, 0.15) is 31.5 Å². The van der Waals surface area contributed by atoms with E-state index in [1.54, 1.807) is 7.11 Å². The summed E-state index contributed by atoms with van der Waals surface area (Å²) in [5, 5.41) is 8.56. The summed E-state index contributed by atoms with van der Waals surface area (Å²) in [5.41, 5.74) is 0. The Morgan fingerprint density at radius 1 is 1.53 bits per heavy atom. The van der Waals surface area contributed by atoms with Crippen LogP contribution in [-0.2, 0) is 11.3 Å². The van der Waals surface area contributed by atoms with Gasteiger partial charge in [-0.15, -0.1) is 10.2 Å². The van der Waals surface area contributed by atoms with Crippen LogP contribution in [0.25, 0.3) is 0 Å². The third-order valence-corrected chi connectivity index (χ3v) is 2.90. The third kappa shape index (κ3) is 2.49. The van der Waals surface area contributed by atoms with Crippen molar-refractivity contribution in [2.24, 2.45) is 5.92 Å². The number of methoxy groups -OCH3 is 1. The number of hydrogen-bond acceptors (Lipinski definition) is 3. The van der Waals surface area contributed by atoms with Crippen LogP contribution >= 0.6 is 11.6 Å². The van der Waals surface area contributed by atoms with E-state index in [0.29, 0.717) is 17.1 Å². The lowest BCUT2D eigenvalue weighted by molar-refractivity contribution is 0.151. The van der Waals surface area contributed by atoms with E-state index in [1.165, 1.54) is 12.8 Å². The molecule has 1 atom stereocenters. The zero-order valence-corrected chi connectivity index (χ0v) is 9.87. The van der Waals surface area contributed by atoms with Crippen LogP contribution in [0.15, 0.2) is 0 Å². The van der Waals surface area contributed by atoms with Gasteiger partial charge in [0.15, 0.2) is 0 Å². The van der Waals surface area contributed by atoms with Crippen molar-refractivity contribution in [2.75, 3.05) is 13.7 Å². The summed E-state index contributed by atoms with van der Waals surface area (Å²) in [7, 11) is 1.71. The Balaban J connectivity index is 2.08. The average molecular weight is 230 g/mol. The number of rotatable bonds is 5. The fraction of sp³-hybridized carbons (Fsp3) is 0.800. The fourth-order valence-electron chi connectivity index (χ4n) is 1.76. The van der Waals surface area contributed by atoms with E-state index < -0.39 is 0 Å². The molecule has 0 aromatic carbocycles. The quantitative estimate of drug-likeness (QED) is 0.776. The maximum atomic E-state index is 6.01. The van der Waals surface area contributed by atoms with Gasteiger partial charge in [-0.3, -0.25) is 0 Å². The van der Waals surface area contributed by atoms with E-state index in [1.807, 2.05) is 4.57 Å². The maximum Gasteiger partial charge on any atom is 0.225 e. The van der Waals surface area contributed by atoms with Crippen molar-refractivity contribution in [3.63, 3.8) is 0 Å². The van der Waals surface area contributed by atoms with Crippen LogP contribution in [0.3, 0.4) is 0 Å². The minimum Gasteiger partial charge on any atom is -0.384 e. The van der Waals surface area contributed by atoms with Crippen molar-refractivity contribution in [1.82, 2.24) is 14.8 Å². The molecular formula is C10H16ClN3O. The Bertz CT molecular complexity index is 335. The standard InChI is InChI=1S/C10H16ClN3O/c1-7(6-15-2)5-14-9(8-3-4-8)12-13-10(14)11/h7-8H,3-6H2,1-2H3. The highest BCUT2D eigenvalue weighted by Gasteiger charge is 2.30. The molecule has 1 aromatic rings. The summed E-state index contributed by atoms with van der Waals surface area (Å²) >= 11 is 6.01. The predicted molar refractivity (Wildman–Crippen MR) is 58.0 cm³/mol. The topological polar surface area (TPSA) is 39.9 Å². The molecule has 0 aliphatic heterocycles. The lowest BCUT2D eigenvalue weighted by atomic mass is 10.2. The fourth-order valence-corrected chi connectivity index (χ4v) is 1.95. The summed E-state index contributed by atoms with van der Waals surface area (Å²) in [6.07, 6.45) is 2.43. The van der Waals surface area contributed by atoms with Crippen molar-refractivity contribution in [2.45, 2.75) is 32.2 Å². The first-order chi connectivity index (χ1) is 7.22. The summed E-state index contributed by atoms with van der Waals surface area (Å²) in [6, 6.07) is 0. The molecule has 1 heterocycles. The number of halogens is 1. The largest absolute Gasteiger partial charge is 0.384 e. The van der Waals surface area contributed by atoms with Crippen molar-refractivity contribution in [1.29, 1.82) is 0 Å². The first-order valence-electron chi connectivity index (χ1n) is 5.30. The molecule has 1 aliphatic carbocycles. The van der Waals surface area contributed by atoms with E-state index in [4.69, 9.17) is 16.3 Å². The first-order valence-corrected chi connectivity index (χ1v) is 5.67. The Morgan fingerprint density at radius 3 is 2.87 bits per heavy atom. The highest BCUT2D eigenvalue weighted by atomic mass is 35.5. The van der Waals surface area contributed by atoms with Gasteiger partial charge in [0, 0.05) is 19.6 Å². The monoisotopic (exact) mass is 229 g/mol. The maximum absolute atomic E-state index is 6.01. The minimum absolute atomic E-state index is 0.431.